The number of alkyl halides is 1. The van der Waals surface area contributed by atoms with Crippen molar-refractivity contribution < 1.29 is 18.8 Å². The second kappa shape index (κ2) is 10.1. The van der Waals surface area contributed by atoms with Crippen molar-refractivity contribution in [1.29, 1.82) is 0 Å². The first-order valence-electron chi connectivity index (χ1n) is 11.4. The first-order valence-corrected chi connectivity index (χ1v) is 12.2. The Morgan fingerprint density at radius 2 is 1.89 bits per heavy atom. The number of hydrogen-bond acceptors (Lipinski definition) is 7. The van der Waals surface area contributed by atoms with Crippen LogP contribution in [0.4, 0.5) is 10.3 Å². The van der Waals surface area contributed by atoms with E-state index < -0.39 is 24.0 Å². The van der Waals surface area contributed by atoms with Gasteiger partial charge in [0.05, 0.1) is 23.4 Å². The molecule has 2 amide bonds. The van der Waals surface area contributed by atoms with Crippen molar-refractivity contribution in [3.8, 4) is 11.1 Å². The summed E-state index contributed by atoms with van der Waals surface area (Å²) >= 11 is 3.22. The third-order valence-electron chi connectivity index (χ3n) is 6.21. The van der Waals surface area contributed by atoms with Crippen LogP contribution >= 0.6 is 15.9 Å². The van der Waals surface area contributed by atoms with E-state index >= 15 is 0 Å². The molecule has 0 radical (unpaired) electrons. The number of benzene rings is 1. The molecule has 1 aromatic carbocycles. The Labute approximate surface area is 219 Å². The molecular weight excluding hydrogens is 545 g/mol. The van der Waals surface area contributed by atoms with Gasteiger partial charge in [0.15, 0.2) is 5.78 Å². The van der Waals surface area contributed by atoms with Crippen molar-refractivity contribution in [2.24, 2.45) is 0 Å². The predicted octanol–water partition coefficient (Wildman–Crippen LogP) is 3.43. The average molecular weight is 566 g/mol. The summed E-state index contributed by atoms with van der Waals surface area (Å²) in [5.41, 5.74) is 2.81. The van der Waals surface area contributed by atoms with Crippen molar-refractivity contribution in [2.75, 3.05) is 11.9 Å². The zero-order valence-corrected chi connectivity index (χ0v) is 21.2. The Kier molecular flexibility index (Phi) is 6.74. The molecule has 188 valence electrons. The molecule has 0 bridgehead atoms. The monoisotopic (exact) mass is 565 g/mol. The number of rotatable bonds is 6. The van der Waals surface area contributed by atoms with Crippen LogP contribution in [0.2, 0.25) is 0 Å². The van der Waals surface area contributed by atoms with Gasteiger partial charge in [-0.15, -0.1) is 0 Å². The molecular formula is C25H21BrFN7O3. The van der Waals surface area contributed by atoms with Crippen LogP contribution in [-0.2, 0) is 16.1 Å². The molecule has 0 aliphatic carbocycles. The number of nitrogens with zero attached hydrogens (tertiary/aromatic N) is 6. The van der Waals surface area contributed by atoms with Gasteiger partial charge in [-0.1, -0.05) is 6.07 Å². The van der Waals surface area contributed by atoms with E-state index in [2.05, 4.69) is 41.4 Å². The molecule has 37 heavy (non-hydrogen) atoms. The molecule has 4 heterocycles. The van der Waals surface area contributed by atoms with Crippen LogP contribution in [0.15, 0.2) is 59.7 Å². The molecule has 12 heteroatoms. The highest BCUT2D eigenvalue weighted by molar-refractivity contribution is 9.10. The Balaban J connectivity index is 1.40. The summed E-state index contributed by atoms with van der Waals surface area (Å²) in [5, 5.41) is 10.9. The Bertz CT molecular complexity index is 1490. The molecule has 2 atom stereocenters. The standard InChI is InChI=1S/C25H21BrFN7O3/c1-14(35)20-12-33(21-3-2-15(6-19(20)21)16-4-5-30-31-8-16)13-23(36)34-11-18(27)7-22(34)24(37)32-25-28-9-17(26)10-29-25/h2-6,8-10,12,18,22H,7,11,13H2,1H3,(H,28,29,32,37)/t18-,22+/m1/s1. The molecule has 0 spiro atoms. The van der Waals surface area contributed by atoms with Gasteiger partial charge in [-0.05, 0) is 46.6 Å². The van der Waals surface area contributed by atoms with Crippen molar-refractivity contribution in [2.45, 2.75) is 32.1 Å². The van der Waals surface area contributed by atoms with Crippen molar-refractivity contribution in [1.82, 2.24) is 29.6 Å². The summed E-state index contributed by atoms with van der Waals surface area (Å²) in [5.74, 6) is -1.09. The molecule has 1 N–H and O–H groups in total. The second-order valence-electron chi connectivity index (χ2n) is 8.70. The van der Waals surface area contributed by atoms with E-state index in [0.29, 0.717) is 20.9 Å². The molecule has 1 aliphatic rings. The van der Waals surface area contributed by atoms with E-state index in [1.807, 2.05) is 24.3 Å². The maximum Gasteiger partial charge on any atom is 0.249 e. The number of hydrogen-bond donors (Lipinski definition) is 1. The summed E-state index contributed by atoms with van der Waals surface area (Å²) in [7, 11) is 0. The number of anilines is 1. The minimum Gasteiger partial charge on any atom is -0.337 e. The topological polar surface area (TPSA) is 123 Å². The van der Waals surface area contributed by atoms with E-state index in [1.165, 1.54) is 24.2 Å². The van der Waals surface area contributed by atoms with Crippen molar-refractivity contribution in [3.63, 3.8) is 0 Å². The number of amides is 2. The van der Waals surface area contributed by atoms with Crippen LogP contribution in [0.25, 0.3) is 22.0 Å². The highest BCUT2D eigenvalue weighted by Crippen LogP contribution is 2.29. The Morgan fingerprint density at radius 1 is 1.11 bits per heavy atom. The van der Waals surface area contributed by atoms with Crippen LogP contribution in [-0.4, -0.2) is 66.0 Å². The average Bonchev–Trinajstić information content (AvgIpc) is 3.46. The summed E-state index contributed by atoms with van der Waals surface area (Å²) in [4.78, 5) is 47.8. The van der Waals surface area contributed by atoms with Gasteiger partial charge >= 0.3 is 0 Å². The largest absolute Gasteiger partial charge is 0.337 e. The van der Waals surface area contributed by atoms with Crippen LogP contribution in [0, 0.1) is 0 Å². The van der Waals surface area contributed by atoms with Gasteiger partial charge in [-0.3, -0.25) is 19.7 Å². The van der Waals surface area contributed by atoms with Gasteiger partial charge in [-0.2, -0.15) is 10.2 Å². The highest BCUT2D eigenvalue weighted by Gasteiger charge is 2.40. The number of carbonyl (C=O) groups excluding carboxylic acids is 3. The third kappa shape index (κ3) is 5.10. The van der Waals surface area contributed by atoms with Gasteiger partial charge < -0.3 is 9.47 Å². The Morgan fingerprint density at radius 3 is 2.59 bits per heavy atom. The number of carbonyl (C=O) groups is 3. The van der Waals surface area contributed by atoms with Gasteiger partial charge in [0, 0.05) is 47.0 Å². The highest BCUT2D eigenvalue weighted by atomic mass is 79.9. The molecule has 3 aromatic heterocycles. The summed E-state index contributed by atoms with van der Waals surface area (Å²) in [6.45, 7) is 1.10. The van der Waals surface area contributed by atoms with E-state index in [9.17, 15) is 18.8 Å². The molecule has 0 saturated carbocycles. The first-order chi connectivity index (χ1) is 17.8. The maximum atomic E-state index is 14.4. The van der Waals surface area contributed by atoms with E-state index in [4.69, 9.17) is 0 Å². The second-order valence-corrected chi connectivity index (χ2v) is 9.61. The fourth-order valence-electron chi connectivity index (χ4n) is 4.47. The van der Waals surface area contributed by atoms with Crippen LogP contribution in [0.1, 0.15) is 23.7 Å². The Hall–Kier alpha value is -4.06. The lowest BCUT2D eigenvalue weighted by atomic mass is 10.0. The number of nitrogens with one attached hydrogen (secondary N) is 1. The molecule has 10 nitrogen and oxygen atoms in total. The minimum absolute atomic E-state index is 0.0608. The van der Waals surface area contributed by atoms with E-state index in [0.717, 1.165) is 11.1 Å². The smallest absolute Gasteiger partial charge is 0.249 e. The van der Waals surface area contributed by atoms with Gasteiger partial charge in [-0.25, -0.2) is 14.4 Å². The van der Waals surface area contributed by atoms with Gasteiger partial charge in [0.1, 0.15) is 18.8 Å². The number of ketones is 1. The zero-order valence-electron chi connectivity index (χ0n) is 19.6. The fraction of sp³-hybridized carbons (Fsp3) is 0.240. The lowest BCUT2D eigenvalue weighted by Gasteiger charge is -2.23. The predicted molar refractivity (Wildman–Crippen MR) is 136 cm³/mol. The number of halogens is 2. The molecule has 5 rings (SSSR count). The van der Waals surface area contributed by atoms with E-state index in [1.54, 1.807) is 23.2 Å². The number of Topliss-reactive ketones (excluding diaryl/α,β-unsaturated/α-hetero) is 1. The van der Waals surface area contributed by atoms with E-state index in [-0.39, 0.29) is 31.2 Å². The van der Waals surface area contributed by atoms with Crippen LogP contribution in [0.3, 0.4) is 0 Å². The molecule has 1 fully saturated rings. The molecule has 1 saturated heterocycles. The van der Waals surface area contributed by atoms with Crippen LogP contribution < -0.4 is 5.32 Å². The molecule has 4 aromatic rings. The normalized spacial score (nSPS) is 17.2. The van der Waals surface area contributed by atoms with Gasteiger partial charge in [0.25, 0.3) is 0 Å². The quantitative estimate of drug-likeness (QED) is 0.355. The maximum absolute atomic E-state index is 14.4. The number of likely N-dealkylation sites (tertiary alicyclic amines) is 1. The third-order valence-corrected chi connectivity index (χ3v) is 6.62. The molecule has 0 unspecified atom stereocenters. The van der Waals surface area contributed by atoms with Gasteiger partial charge in [0.2, 0.25) is 17.8 Å². The van der Waals surface area contributed by atoms with Crippen LogP contribution in [0.5, 0.6) is 0 Å². The summed E-state index contributed by atoms with van der Waals surface area (Å²) in [6.07, 6.45) is 6.31. The fourth-order valence-corrected chi connectivity index (χ4v) is 4.67. The lowest BCUT2D eigenvalue weighted by molar-refractivity contribution is -0.137. The summed E-state index contributed by atoms with van der Waals surface area (Å²) in [6, 6.07) is 6.36. The SMILES string of the molecule is CC(=O)c1cn(CC(=O)N2C[C@H](F)C[C@H]2C(=O)Nc2ncc(Br)cn2)c2ccc(-c3ccnnc3)cc12. The van der Waals surface area contributed by atoms with Crippen molar-refractivity contribution in [3.05, 3.63) is 65.3 Å². The molecule has 1 aliphatic heterocycles. The van der Waals surface area contributed by atoms with Crippen molar-refractivity contribution >= 4 is 50.4 Å². The lowest BCUT2D eigenvalue weighted by Crippen LogP contribution is -2.44. The minimum atomic E-state index is -1.34. The number of aromatic nitrogens is 5. The first kappa shape index (κ1) is 24.6. The zero-order chi connectivity index (χ0) is 26.1. The number of fused-ring (bicyclic) bond motifs is 1. The summed E-state index contributed by atoms with van der Waals surface area (Å²) < 4.78 is 16.7.